The second kappa shape index (κ2) is 4.56. The van der Waals surface area contributed by atoms with E-state index in [0.717, 1.165) is 18.5 Å². The van der Waals surface area contributed by atoms with E-state index in [0.29, 0.717) is 12.0 Å². The summed E-state index contributed by atoms with van der Waals surface area (Å²) in [7, 11) is 0. The molecule has 0 bridgehead atoms. The number of urea groups is 1. The van der Waals surface area contributed by atoms with Gasteiger partial charge in [-0.05, 0) is 36.5 Å². The number of benzene rings is 1. The molecule has 1 saturated carbocycles. The van der Waals surface area contributed by atoms with Crippen LogP contribution in [0.4, 0.5) is 10.5 Å². The minimum absolute atomic E-state index is 0.0941. The molecule has 1 aromatic rings. The molecule has 86 valence electrons. The largest absolute Gasteiger partial charge is 0.335 e. The molecule has 3 nitrogen and oxygen atoms in total. The minimum Gasteiger partial charge on any atom is -0.335 e. The summed E-state index contributed by atoms with van der Waals surface area (Å²) in [4.78, 5) is 11.5. The summed E-state index contributed by atoms with van der Waals surface area (Å²) in [6, 6.07) is 8.29. The molecule has 0 saturated heterocycles. The Balaban J connectivity index is 1.97. The molecular weight excluding hydrogens is 200 g/mol. The zero-order valence-corrected chi connectivity index (χ0v) is 9.79. The number of amides is 2. The number of hydrogen-bond donors (Lipinski definition) is 2. The van der Waals surface area contributed by atoms with Crippen molar-refractivity contribution in [1.82, 2.24) is 5.32 Å². The molecule has 1 fully saturated rings. The average Bonchev–Trinajstić information content (AvgIpc) is 3.01. The normalized spacial score (nSPS) is 14.9. The van der Waals surface area contributed by atoms with Crippen LogP contribution in [0.2, 0.25) is 0 Å². The lowest BCUT2D eigenvalue weighted by molar-refractivity contribution is 0.251. The van der Waals surface area contributed by atoms with Crippen LogP contribution in [0.3, 0.4) is 0 Å². The molecule has 0 heterocycles. The predicted molar refractivity (Wildman–Crippen MR) is 65.7 cm³/mol. The summed E-state index contributed by atoms with van der Waals surface area (Å²) in [6.45, 7) is 4.28. The molecule has 0 atom stereocenters. The van der Waals surface area contributed by atoms with E-state index in [1.165, 1.54) is 5.56 Å². The fraction of sp³-hybridized carbons (Fsp3) is 0.462. The lowest BCUT2D eigenvalue weighted by Crippen LogP contribution is -2.30. The maximum atomic E-state index is 11.5. The zero-order chi connectivity index (χ0) is 11.5. The summed E-state index contributed by atoms with van der Waals surface area (Å²) < 4.78 is 0. The first kappa shape index (κ1) is 11.0. The molecule has 0 aromatic heterocycles. The average molecular weight is 218 g/mol. The summed E-state index contributed by atoms with van der Waals surface area (Å²) in [5.74, 6) is 0.480. The van der Waals surface area contributed by atoms with Crippen molar-refractivity contribution in [3.8, 4) is 0 Å². The van der Waals surface area contributed by atoms with Crippen LogP contribution < -0.4 is 10.6 Å². The van der Waals surface area contributed by atoms with Crippen LogP contribution in [0.5, 0.6) is 0 Å². The Labute approximate surface area is 96.2 Å². The van der Waals surface area contributed by atoms with Crippen molar-refractivity contribution in [2.24, 2.45) is 0 Å². The van der Waals surface area contributed by atoms with E-state index >= 15 is 0 Å². The van der Waals surface area contributed by atoms with Crippen molar-refractivity contribution in [3.05, 3.63) is 29.8 Å². The molecule has 2 amide bonds. The first-order valence-electron chi connectivity index (χ1n) is 5.82. The van der Waals surface area contributed by atoms with Crippen molar-refractivity contribution < 1.29 is 4.79 Å². The molecule has 2 N–H and O–H groups in total. The van der Waals surface area contributed by atoms with Crippen molar-refractivity contribution in [2.45, 2.75) is 38.6 Å². The Morgan fingerprint density at radius 1 is 1.38 bits per heavy atom. The molecule has 1 aliphatic rings. The third-order valence-electron chi connectivity index (χ3n) is 2.72. The van der Waals surface area contributed by atoms with Crippen LogP contribution >= 0.6 is 0 Å². The fourth-order valence-corrected chi connectivity index (χ4v) is 1.56. The van der Waals surface area contributed by atoms with Crippen molar-refractivity contribution >= 4 is 11.7 Å². The molecule has 1 aromatic carbocycles. The third kappa shape index (κ3) is 2.99. The Morgan fingerprint density at radius 3 is 2.75 bits per heavy atom. The van der Waals surface area contributed by atoms with Crippen molar-refractivity contribution in [3.63, 3.8) is 0 Å². The van der Waals surface area contributed by atoms with E-state index in [1.807, 2.05) is 18.2 Å². The quantitative estimate of drug-likeness (QED) is 0.804. The lowest BCUT2D eigenvalue weighted by Gasteiger charge is -2.10. The highest BCUT2D eigenvalue weighted by molar-refractivity contribution is 5.89. The molecule has 0 aliphatic heterocycles. The van der Waals surface area contributed by atoms with E-state index in [4.69, 9.17) is 0 Å². The van der Waals surface area contributed by atoms with Crippen LogP contribution in [-0.4, -0.2) is 12.1 Å². The van der Waals surface area contributed by atoms with Gasteiger partial charge in [0.1, 0.15) is 0 Å². The number of carbonyl (C=O) groups excluding carboxylic acids is 1. The van der Waals surface area contributed by atoms with Gasteiger partial charge in [-0.2, -0.15) is 0 Å². The fourth-order valence-electron chi connectivity index (χ4n) is 1.56. The summed E-state index contributed by atoms with van der Waals surface area (Å²) >= 11 is 0. The molecule has 1 aliphatic carbocycles. The topological polar surface area (TPSA) is 41.1 Å². The standard InChI is InChI=1S/C13H18N2O/c1-9(2)10-4-3-5-12(8-10)15-13(16)14-11-6-7-11/h3-5,8-9,11H,6-7H2,1-2H3,(H2,14,15,16). The second-order valence-corrected chi connectivity index (χ2v) is 4.65. The molecule has 0 spiro atoms. The minimum atomic E-state index is -0.0941. The number of anilines is 1. The van der Waals surface area contributed by atoms with Crippen molar-refractivity contribution in [1.29, 1.82) is 0 Å². The van der Waals surface area contributed by atoms with Crippen LogP contribution in [-0.2, 0) is 0 Å². The Bertz CT molecular complexity index is 383. The monoisotopic (exact) mass is 218 g/mol. The van der Waals surface area contributed by atoms with Crippen molar-refractivity contribution in [2.75, 3.05) is 5.32 Å². The highest BCUT2D eigenvalue weighted by atomic mass is 16.2. The van der Waals surface area contributed by atoms with Gasteiger partial charge < -0.3 is 10.6 Å². The summed E-state index contributed by atoms with van der Waals surface area (Å²) in [5, 5.41) is 5.76. The van der Waals surface area contributed by atoms with Gasteiger partial charge in [-0.15, -0.1) is 0 Å². The van der Waals surface area contributed by atoms with Gasteiger partial charge >= 0.3 is 6.03 Å². The Kier molecular flexibility index (Phi) is 3.13. The smallest absolute Gasteiger partial charge is 0.319 e. The van der Waals surface area contributed by atoms with E-state index in [1.54, 1.807) is 0 Å². The van der Waals surface area contributed by atoms with Crippen LogP contribution in [0.1, 0.15) is 38.2 Å². The van der Waals surface area contributed by atoms with E-state index in [9.17, 15) is 4.79 Å². The number of carbonyl (C=O) groups is 1. The molecule has 2 rings (SSSR count). The first-order chi connectivity index (χ1) is 7.65. The maximum Gasteiger partial charge on any atom is 0.319 e. The molecule has 0 radical (unpaired) electrons. The Hall–Kier alpha value is -1.51. The van der Waals surface area contributed by atoms with Gasteiger partial charge in [0.25, 0.3) is 0 Å². The number of rotatable bonds is 3. The zero-order valence-electron chi connectivity index (χ0n) is 9.79. The number of nitrogens with one attached hydrogen (secondary N) is 2. The van der Waals surface area contributed by atoms with Gasteiger partial charge in [-0.3, -0.25) is 0 Å². The molecule has 16 heavy (non-hydrogen) atoms. The molecular formula is C13H18N2O. The highest BCUT2D eigenvalue weighted by Crippen LogP contribution is 2.20. The maximum absolute atomic E-state index is 11.5. The van der Waals surface area contributed by atoms with Gasteiger partial charge in [0.05, 0.1) is 0 Å². The third-order valence-corrected chi connectivity index (χ3v) is 2.72. The highest BCUT2D eigenvalue weighted by Gasteiger charge is 2.23. The first-order valence-corrected chi connectivity index (χ1v) is 5.82. The Morgan fingerprint density at radius 2 is 2.12 bits per heavy atom. The summed E-state index contributed by atoms with van der Waals surface area (Å²) in [5.41, 5.74) is 2.11. The van der Waals surface area contributed by atoms with Gasteiger partial charge in [0, 0.05) is 11.7 Å². The lowest BCUT2D eigenvalue weighted by atomic mass is 10.0. The second-order valence-electron chi connectivity index (χ2n) is 4.65. The van der Waals surface area contributed by atoms with Gasteiger partial charge in [0.15, 0.2) is 0 Å². The van der Waals surface area contributed by atoms with Gasteiger partial charge in [0.2, 0.25) is 0 Å². The van der Waals surface area contributed by atoms with Gasteiger partial charge in [-0.1, -0.05) is 26.0 Å². The van der Waals surface area contributed by atoms with E-state index in [-0.39, 0.29) is 6.03 Å². The predicted octanol–water partition coefficient (Wildman–Crippen LogP) is 3.09. The van der Waals surface area contributed by atoms with Crippen LogP contribution in [0, 0.1) is 0 Å². The summed E-state index contributed by atoms with van der Waals surface area (Å²) in [6.07, 6.45) is 2.22. The van der Waals surface area contributed by atoms with Gasteiger partial charge in [-0.25, -0.2) is 4.79 Å². The SMILES string of the molecule is CC(C)c1cccc(NC(=O)NC2CC2)c1. The van der Waals surface area contributed by atoms with E-state index in [2.05, 4.69) is 30.5 Å². The molecule has 3 heteroatoms. The molecule has 0 unspecified atom stereocenters. The van der Waals surface area contributed by atoms with E-state index < -0.39 is 0 Å². The van der Waals surface area contributed by atoms with Crippen LogP contribution in [0.25, 0.3) is 0 Å². The van der Waals surface area contributed by atoms with Crippen LogP contribution in [0.15, 0.2) is 24.3 Å². The number of hydrogen-bond acceptors (Lipinski definition) is 1.